The Hall–Kier alpha value is -2.60. The number of hydrogen-bond acceptors (Lipinski definition) is 5. The summed E-state index contributed by atoms with van der Waals surface area (Å²) in [5.74, 6) is 1.60. The summed E-state index contributed by atoms with van der Waals surface area (Å²) in [5.41, 5.74) is 1.77. The molecular weight excluding hydrogens is 384 g/mol. The van der Waals surface area contributed by atoms with Gasteiger partial charge in [0, 0.05) is 18.7 Å². The first-order valence-electron chi connectivity index (χ1n) is 9.97. The fourth-order valence-electron chi connectivity index (χ4n) is 4.03. The molecular formula is C23H26N2O3S. The second kappa shape index (κ2) is 7.67. The summed E-state index contributed by atoms with van der Waals surface area (Å²) >= 11 is 0. The van der Waals surface area contributed by atoms with Gasteiger partial charge in [-0.3, -0.25) is 0 Å². The maximum Gasteiger partial charge on any atom is 0.236 e. The molecule has 0 amide bonds. The molecule has 1 aliphatic rings. The minimum Gasteiger partial charge on any atom is -0.419 e. The third kappa shape index (κ3) is 3.94. The summed E-state index contributed by atoms with van der Waals surface area (Å²) < 4.78 is 33.0. The zero-order chi connectivity index (χ0) is 20.6. The fourth-order valence-corrected chi connectivity index (χ4v) is 5.36. The van der Waals surface area contributed by atoms with Gasteiger partial charge in [0.2, 0.25) is 26.6 Å². The lowest BCUT2D eigenvalue weighted by Crippen LogP contribution is -2.39. The van der Waals surface area contributed by atoms with E-state index in [4.69, 9.17) is 4.42 Å². The Balaban J connectivity index is 1.85. The minimum absolute atomic E-state index is 0.00139. The molecule has 0 spiro atoms. The van der Waals surface area contributed by atoms with Crippen molar-refractivity contribution in [2.45, 2.75) is 37.1 Å². The quantitative estimate of drug-likeness (QED) is 0.608. The molecule has 5 nitrogen and oxygen atoms in total. The summed E-state index contributed by atoms with van der Waals surface area (Å²) in [4.78, 5) is 6.75. The van der Waals surface area contributed by atoms with Crippen LogP contribution < -0.4 is 4.90 Å². The number of aryl methyl sites for hydroxylation is 1. The predicted octanol–water partition coefficient (Wildman–Crippen LogP) is 4.97. The molecule has 6 heteroatoms. The lowest BCUT2D eigenvalue weighted by molar-refractivity contribution is 0.342. The summed E-state index contributed by atoms with van der Waals surface area (Å²) in [6.45, 7) is 7.81. The highest BCUT2D eigenvalue weighted by Gasteiger charge is 2.34. The maximum atomic E-state index is 13.5. The summed E-state index contributed by atoms with van der Waals surface area (Å²) in [6, 6.07) is 16.3. The summed E-state index contributed by atoms with van der Waals surface area (Å²) in [5, 5.41) is 0.00139. The molecule has 1 aromatic heterocycles. The fraction of sp³-hybridized carbons (Fsp3) is 0.348. The molecule has 152 valence electrons. The first kappa shape index (κ1) is 19.7. The molecule has 29 heavy (non-hydrogen) atoms. The number of nitrogens with zero attached hydrogens (tertiary/aromatic N) is 2. The predicted molar refractivity (Wildman–Crippen MR) is 114 cm³/mol. The maximum absolute atomic E-state index is 13.5. The second-order valence-corrected chi connectivity index (χ2v) is 10.0. The Morgan fingerprint density at radius 2 is 1.59 bits per heavy atom. The van der Waals surface area contributed by atoms with Crippen LogP contribution in [0.3, 0.4) is 0 Å². The van der Waals surface area contributed by atoms with E-state index in [0.29, 0.717) is 23.6 Å². The van der Waals surface area contributed by atoms with E-state index in [2.05, 4.69) is 18.8 Å². The summed E-state index contributed by atoms with van der Waals surface area (Å²) in [7, 11) is -3.80. The molecule has 2 heterocycles. The van der Waals surface area contributed by atoms with Crippen molar-refractivity contribution in [3.05, 3.63) is 60.2 Å². The molecule has 1 fully saturated rings. The van der Waals surface area contributed by atoms with Crippen LogP contribution in [0.4, 0.5) is 5.88 Å². The van der Waals surface area contributed by atoms with Gasteiger partial charge in [-0.05, 0) is 49.4 Å². The van der Waals surface area contributed by atoms with Gasteiger partial charge in [-0.1, -0.05) is 49.7 Å². The van der Waals surface area contributed by atoms with Crippen molar-refractivity contribution in [3.63, 3.8) is 0 Å². The van der Waals surface area contributed by atoms with Crippen LogP contribution in [0.1, 0.15) is 25.8 Å². The number of rotatable bonds is 4. The van der Waals surface area contributed by atoms with Gasteiger partial charge in [0.15, 0.2) is 0 Å². The molecule has 1 aliphatic heterocycles. The van der Waals surface area contributed by atoms with E-state index >= 15 is 0 Å². The Bertz CT molecular complexity index is 1080. The van der Waals surface area contributed by atoms with Crippen LogP contribution in [0, 0.1) is 18.8 Å². The number of hydrogen-bond donors (Lipinski definition) is 0. The highest BCUT2D eigenvalue weighted by atomic mass is 32.2. The van der Waals surface area contributed by atoms with Gasteiger partial charge in [-0.2, -0.15) is 4.98 Å². The third-order valence-corrected chi connectivity index (χ3v) is 7.01. The van der Waals surface area contributed by atoms with Crippen LogP contribution in [0.5, 0.6) is 0 Å². The SMILES string of the molecule is Cc1ccc(S(=O)(=O)c2nc(-c3ccccc3)oc2N2CC(C)CC(C)C2)cc1. The third-order valence-electron chi connectivity index (χ3n) is 5.34. The van der Waals surface area contributed by atoms with E-state index in [1.807, 2.05) is 42.2 Å². The lowest BCUT2D eigenvalue weighted by Gasteiger charge is -2.34. The van der Waals surface area contributed by atoms with Crippen LogP contribution in [-0.2, 0) is 9.84 Å². The minimum atomic E-state index is -3.80. The number of oxazole rings is 1. The van der Waals surface area contributed by atoms with E-state index in [0.717, 1.165) is 30.6 Å². The van der Waals surface area contributed by atoms with Crippen molar-refractivity contribution in [1.29, 1.82) is 0 Å². The monoisotopic (exact) mass is 410 g/mol. The zero-order valence-electron chi connectivity index (χ0n) is 17.0. The standard InChI is InChI=1S/C23H26N2O3S/c1-16-9-11-20(12-10-16)29(26,27)22-23(25-14-17(2)13-18(3)15-25)28-21(24-22)19-7-5-4-6-8-19/h4-12,17-18H,13-15H2,1-3H3. The van der Waals surface area contributed by atoms with Gasteiger partial charge >= 0.3 is 0 Å². The molecule has 0 radical (unpaired) electrons. The van der Waals surface area contributed by atoms with Crippen LogP contribution in [0.15, 0.2) is 68.9 Å². The largest absolute Gasteiger partial charge is 0.419 e. The van der Waals surface area contributed by atoms with Gasteiger partial charge in [-0.25, -0.2) is 8.42 Å². The van der Waals surface area contributed by atoms with Crippen LogP contribution in [-0.4, -0.2) is 26.5 Å². The van der Waals surface area contributed by atoms with E-state index in [1.54, 1.807) is 24.3 Å². The second-order valence-electron chi connectivity index (χ2n) is 8.16. The van der Waals surface area contributed by atoms with E-state index in [-0.39, 0.29) is 9.92 Å². The first-order valence-corrected chi connectivity index (χ1v) is 11.5. The molecule has 0 saturated carbocycles. The van der Waals surface area contributed by atoms with E-state index < -0.39 is 9.84 Å². The van der Waals surface area contributed by atoms with Crippen molar-refractivity contribution < 1.29 is 12.8 Å². The highest BCUT2D eigenvalue weighted by Crippen LogP contribution is 2.37. The topological polar surface area (TPSA) is 63.4 Å². The van der Waals surface area contributed by atoms with Gasteiger partial charge in [-0.15, -0.1) is 0 Å². The number of piperidine rings is 1. The highest BCUT2D eigenvalue weighted by molar-refractivity contribution is 7.91. The van der Waals surface area contributed by atoms with Crippen molar-refractivity contribution in [3.8, 4) is 11.5 Å². The molecule has 4 rings (SSSR count). The van der Waals surface area contributed by atoms with Crippen molar-refractivity contribution >= 4 is 15.7 Å². The van der Waals surface area contributed by atoms with Crippen molar-refractivity contribution in [2.75, 3.05) is 18.0 Å². The van der Waals surface area contributed by atoms with Crippen LogP contribution in [0.2, 0.25) is 0 Å². The molecule has 0 N–H and O–H groups in total. The Morgan fingerprint density at radius 3 is 2.21 bits per heavy atom. The average Bonchev–Trinajstić information content (AvgIpc) is 3.15. The van der Waals surface area contributed by atoms with E-state index in [9.17, 15) is 8.42 Å². The molecule has 1 saturated heterocycles. The number of aromatic nitrogens is 1. The lowest BCUT2D eigenvalue weighted by atomic mass is 9.92. The number of sulfone groups is 1. The van der Waals surface area contributed by atoms with Gasteiger partial charge in [0.1, 0.15) is 0 Å². The van der Waals surface area contributed by atoms with Gasteiger partial charge in [0.05, 0.1) is 4.90 Å². The molecule has 2 atom stereocenters. The average molecular weight is 411 g/mol. The molecule has 2 aromatic carbocycles. The molecule has 0 aliphatic carbocycles. The molecule has 3 aromatic rings. The molecule has 2 unspecified atom stereocenters. The van der Waals surface area contributed by atoms with Gasteiger partial charge < -0.3 is 9.32 Å². The van der Waals surface area contributed by atoms with E-state index in [1.165, 1.54) is 0 Å². The van der Waals surface area contributed by atoms with Crippen molar-refractivity contribution in [1.82, 2.24) is 4.98 Å². The summed E-state index contributed by atoms with van der Waals surface area (Å²) in [6.07, 6.45) is 1.12. The molecule has 0 bridgehead atoms. The normalized spacial score (nSPS) is 20.0. The smallest absolute Gasteiger partial charge is 0.236 e. The Labute approximate surface area is 172 Å². The number of benzene rings is 2. The first-order chi connectivity index (χ1) is 13.8. The Morgan fingerprint density at radius 1 is 0.966 bits per heavy atom. The van der Waals surface area contributed by atoms with Crippen molar-refractivity contribution in [2.24, 2.45) is 11.8 Å². The van der Waals surface area contributed by atoms with Gasteiger partial charge in [0.25, 0.3) is 0 Å². The number of anilines is 1. The Kier molecular flexibility index (Phi) is 5.21. The van der Waals surface area contributed by atoms with Crippen LogP contribution >= 0.6 is 0 Å². The zero-order valence-corrected chi connectivity index (χ0v) is 17.8. The van der Waals surface area contributed by atoms with Crippen LogP contribution in [0.25, 0.3) is 11.5 Å².